The molecule has 1 heterocycles. The molecule has 1 atom stereocenters. The maximum Gasteiger partial charge on any atom is 0.274 e. The Kier molecular flexibility index (Phi) is 5.04. The Bertz CT molecular complexity index is 850. The fourth-order valence-electron chi connectivity index (χ4n) is 2.44. The van der Waals surface area contributed by atoms with Crippen molar-refractivity contribution in [2.45, 2.75) is 13.0 Å². The van der Waals surface area contributed by atoms with Crippen molar-refractivity contribution in [2.24, 2.45) is 0 Å². The number of para-hydroxylation sites is 1. The van der Waals surface area contributed by atoms with Gasteiger partial charge in [-0.1, -0.05) is 42.5 Å². The summed E-state index contributed by atoms with van der Waals surface area (Å²) in [6.07, 6.45) is 1.59. The molecule has 3 rings (SSSR count). The number of amides is 1. The molecule has 3 aromatic rings. The van der Waals surface area contributed by atoms with Crippen LogP contribution >= 0.6 is 0 Å². The van der Waals surface area contributed by atoms with Gasteiger partial charge in [-0.2, -0.15) is 0 Å². The van der Waals surface area contributed by atoms with Crippen molar-refractivity contribution in [2.75, 3.05) is 10.6 Å². The lowest BCUT2D eigenvalue weighted by molar-refractivity contribution is 0.102. The molecule has 0 saturated carbocycles. The van der Waals surface area contributed by atoms with E-state index >= 15 is 0 Å². The van der Waals surface area contributed by atoms with Gasteiger partial charge in [0.2, 0.25) is 0 Å². The SMILES string of the molecule is CC(Nc1ccc(C(=O)Nc2ccccc2F)nc1)c1ccccc1. The normalized spacial score (nSPS) is 11.6. The molecule has 0 fully saturated rings. The third-order valence-corrected chi connectivity index (χ3v) is 3.80. The van der Waals surface area contributed by atoms with Crippen LogP contribution in [0.3, 0.4) is 0 Å². The average Bonchev–Trinajstić information content (AvgIpc) is 2.65. The summed E-state index contributed by atoms with van der Waals surface area (Å²) in [7, 11) is 0. The second-order valence-electron chi connectivity index (χ2n) is 5.64. The molecule has 1 unspecified atom stereocenters. The maximum atomic E-state index is 13.6. The van der Waals surface area contributed by atoms with Gasteiger partial charge in [0, 0.05) is 6.04 Å². The lowest BCUT2D eigenvalue weighted by atomic mass is 10.1. The quantitative estimate of drug-likeness (QED) is 0.714. The number of pyridine rings is 1. The molecule has 0 aliphatic heterocycles. The highest BCUT2D eigenvalue weighted by atomic mass is 19.1. The predicted octanol–water partition coefficient (Wildman–Crippen LogP) is 4.65. The molecule has 0 aliphatic rings. The summed E-state index contributed by atoms with van der Waals surface area (Å²) in [5, 5.41) is 5.84. The number of halogens is 1. The molecule has 5 heteroatoms. The maximum absolute atomic E-state index is 13.6. The average molecular weight is 335 g/mol. The predicted molar refractivity (Wildman–Crippen MR) is 97.1 cm³/mol. The van der Waals surface area contributed by atoms with E-state index in [9.17, 15) is 9.18 Å². The second kappa shape index (κ2) is 7.57. The molecular weight excluding hydrogens is 317 g/mol. The van der Waals surface area contributed by atoms with Crippen molar-refractivity contribution < 1.29 is 9.18 Å². The number of anilines is 2. The number of hydrogen-bond acceptors (Lipinski definition) is 3. The van der Waals surface area contributed by atoms with Gasteiger partial charge in [-0.3, -0.25) is 4.79 Å². The summed E-state index contributed by atoms with van der Waals surface area (Å²) < 4.78 is 13.6. The van der Waals surface area contributed by atoms with E-state index in [-0.39, 0.29) is 17.4 Å². The van der Waals surface area contributed by atoms with Crippen molar-refractivity contribution >= 4 is 17.3 Å². The van der Waals surface area contributed by atoms with Gasteiger partial charge in [0.1, 0.15) is 11.5 Å². The van der Waals surface area contributed by atoms with E-state index in [1.54, 1.807) is 30.5 Å². The summed E-state index contributed by atoms with van der Waals surface area (Å²) in [6.45, 7) is 2.05. The van der Waals surface area contributed by atoms with Crippen LogP contribution in [0.1, 0.15) is 29.0 Å². The van der Waals surface area contributed by atoms with E-state index in [1.807, 2.05) is 37.3 Å². The van der Waals surface area contributed by atoms with Crippen LogP contribution in [0.25, 0.3) is 0 Å². The van der Waals surface area contributed by atoms with Crippen molar-refractivity contribution in [1.29, 1.82) is 0 Å². The largest absolute Gasteiger partial charge is 0.377 e. The molecule has 2 N–H and O–H groups in total. The van der Waals surface area contributed by atoms with Crippen LogP contribution in [0, 0.1) is 5.82 Å². The fraction of sp³-hybridized carbons (Fsp3) is 0.100. The summed E-state index contributed by atoms with van der Waals surface area (Å²) in [6, 6.07) is 19.6. The molecular formula is C20H18FN3O. The number of carbonyl (C=O) groups excluding carboxylic acids is 1. The number of carbonyl (C=O) groups is 1. The molecule has 1 aromatic heterocycles. The second-order valence-corrected chi connectivity index (χ2v) is 5.64. The molecule has 4 nitrogen and oxygen atoms in total. The Balaban J connectivity index is 1.66. The van der Waals surface area contributed by atoms with Gasteiger partial charge in [0.05, 0.1) is 17.6 Å². The summed E-state index contributed by atoms with van der Waals surface area (Å²) in [4.78, 5) is 16.3. The zero-order valence-corrected chi connectivity index (χ0v) is 13.7. The lowest BCUT2D eigenvalue weighted by Crippen LogP contribution is -2.15. The minimum atomic E-state index is -0.481. The fourth-order valence-corrected chi connectivity index (χ4v) is 2.44. The van der Waals surface area contributed by atoms with Crippen LogP contribution in [-0.4, -0.2) is 10.9 Å². The third kappa shape index (κ3) is 4.20. The number of rotatable bonds is 5. The lowest BCUT2D eigenvalue weighted by Gasteiger charge is -2.15. The zero-order chi connectivity index (χ0) is 17.6. The van der Waals surface area contributed by atoms with E-state index < -0.39 is 11.7 Å². The van der Waals surface area contributed by atoms with E-state index in [2.05, 4.69) is 15.6 Å². The number of nitrogens with one attached hydrogen (secondary N) is 2. The Labute approximate surface area is 145 Å². The smallest absolute Gasteiger partial charge is 0.274 e. The van der Waals surface area contributed by atoms with E-state index in [4.69, 9.17) is 0 Å². The van der Waals surface area contributed by atoms with Gasteiger partial charge in [0.25, 0.3) is 5.91 Å². The number of benzene rings is 2. The monoisotopic (exact) mass is 335 g/mol. The highest BCUT2D eigenvalue weighted by molar-refractivity contribution is 6.03. The van der Waals surface area contributed by atoms with Crippen LogP contribution in [0.5, 0.6) is 0 Å². The Morgan fingerprint density at radius 2 is 1.72 bits per heavy atom. The molecule has 2 aromatic carbocycles. The summed E-state index contributed by atoms with van der Waals surface area (Å²) >= 11 is 0. The minimum absolute atomic E-state index is 0.112. The molecule has 0 bridgehead atoms. The van der Waals surface area contributed by atoms with Crippen LogP contribution in [0.15, 0.2) is 72.9 Å². The van der Waals surface area contributed by atoms with Crippen molar-refractivity contribution in [3.8, 4) is 0 Å². The highest BCUT2D eigenvalue weighted by Gasteiger charge is 2.11. The Hall–Kier alpha value is -3.21. The number of aromatic nitrogens is 1. The van der Waals surface area contributed by atoms with Crippen molar-refractivity contribution in [3.05, 3.63) is 90.0 Å². The summed E-state index contributed by atoms with van der Waals surface area (Å²) in [5.74, 6) is -0.932. The number of hydrogen-bond donors (Lipinski definition) is 2. The third-order valence-electron chi connectivity index (χ3n) is 3.80. The minimum Gasteiger partial charge on any atom is -0.377 e. The van der Waals surface area contributed by atoms with E-state index in [1.165, 1.54) is 12.1 Å². The van der Waals surface area contributed by atoms with Gasteiger partial charge < -0.3 is 10.6 Å². The first kappa shape index (κ1) is 16.6. The first-order valence-corrected chi connectivity index (χ1v) is 7.97. The number of nitrogens with zero attached hydrogens (tertiary/aromatic N) is 1. The van der Waals surface area contributed by atoms with Gasteiger partial charge in [-0.15, -0.1) is 0 Å². The van der Waals surface area contributed by atoms with Crippen LogP contribution < -0.4 is 10.6 Å². The standard InChI is InChI=1S/C20H18FN3O/c1-14(15-7-3-2-4-8-15)23-16-11-12-19(22-13-16)20(25)24-18-10-6-5-9-17(18)21/h2-14,23H,1H3,(H,24,25). The molecule has 0 aliphatic carbocycles. The Morgan fingerprint density at radius 3 is 2.40 bits per heavy atom. The molecule has 25 heavy (non-hydrogen) atoms. The molecule has 126 valence electrons. The first-order chi connectivity index (χ1) is 12.1. The van der Waals surface area contributed by atoms with Crippen molar-refractivity contribution in [1.82, 2.24) is 4.98 Å². The summed E-state index contributed by atoms with van der Waals surface area (Å²) in [5.41, 5.74) is 2.32. The first-order valence-electron chi connectivity index (χ1n) is 7.97. The van der Waals surface area contributed by atoms with Crippen molar-refractivity contribution in [3.63, 3.8) is 0 Å². The van der Waals surface area contributed by atoms with Gasteiger partial charge >= 0.3 is 0 Å². The Morgan fingerprint density at radius 1 is 1.00 bits per heavy atom. The van der Waals surface area contributed by atoms with E-state index in [0.717, 1.165) is 11.3 Å². The van der Waals surface area contributed by atoms with Gasteiger partial charge in [0.15, 0.2) is 0 Å². The van der Waals surface area contributed by atoms with Crippen LogP contribution in [0.4, 0.5) is 15.8 Å². The van der Waals surface area contributed by atoms with Gasteiger partial charge in [-0.25, -0.2) is 9.37 Å². The van der Waals surface area contributed by atoms with Crippen LogP contribution in [0.2, 0.25) is 0 Å². The van der Waals surface area contributed by atoms with E-state index in [0.29, 0.717) is 0 Å². The molecule has 0 saturated heterocycles. The topological polar surface area (TPSA) is 54.0 Å². The molecule has 0 radical (unpaired) electrons. The van der Waals surface area contributed by atoms with Gasteiger partial charge in [-0.05, 0) is 36.8 Å². The zero-order valence-electron chi connectivity index (χ0n) is 13.7. The molecule has 1 amide bonds. The molecule has 0 spiro atoms. The van der Waals surface area contributed by atoms with Crippen LogP contribution in [-0.2, 0) is 0 Å². The highest BCUT2D eigenvalue weighted by Crippen LogP contribution is 2.19.